The van der Waals surface area contributed by atoms with Crippen molar-refractivity contribution in [3.05, 3.63) is 109 Å². The molecule has 0 rings (SSSR count). The molecule has 5 atom stereocenters. The van der Waals surface area contributed by atoms with E-state index in [-0.39, 0.29) is 25.7 Å². The summed E-state index contributed by atoms with van der Waals surface area (Å²) in [5.41, 5.74) is 0. The van der Waals surface area contributed by atoms with Gasteiger partial charge in [0, 0.05) is 25.7 Å². The fourth-order valence-corrected chi connectivity index (χ4v) is 11.9. The summed E-state index contributed by atoms with van der Waals surface area (Å²) >= 11 is 0. The zero-order valence-corrected chi connectivity index (χ0v) is 64.6. The number of allylic oxidation sites excluding steroid dienone is 18. The highest BCUT2D eigenvalue weighted by Gasteiger charge is 2.30. The molecule has 0 bridgehead atoms. The average molecular weight is 1450 g/mol. The van der Waals surface area contributed by atoms with Gasteiger partial charge in [-0.2, -0.15) is 0 Å². The van der Waals surface area contributed by atoms with Crippen LogP contribution in [0.5, 0.6) is 0 Å². The maximum atomic E-state index is 13.1. The van der Waals surface area contributed by atoms with Gasteiger partial charge in [-0.05, 0) is 128 Å². The number of rotatable bonds is 73. The lowest BCUT2D eigenvalue weighted by Gasteiger charge is -2.21. The number of hydrogen-bond acceptors (Lipinski definition) is 15. The Kier molecular flexibility index (Phi) is 69.9. The van der Waals surface area contributed by atoms with Gasteiger partial charge in [-0.3, -0.25) is 37.3 Å². The quantitative estimate of drug-likeness (QED) is 0.0169. The Morgan fingerprint density at radius 1 is 0.290 bits per heavy atom. The van der Waals surface area contributed by atoms with E-state index in [1.54, 1.807) is 0 Å². The molecule has 17 nitrogen and oxygen atoms in total. The molecule has 0 amide bonds. The second-order valence-corrected chi connectivity index (χ2v) is 28.8. The molecule has 0 spiro atoms. The first-order chi connectivity index (χ1) is 48.7. The highest BCUT2D eigenvalue weighted by molar-refractivity contribution is 7.47. The van der Waals surface area contributed by atoms with Crippen LogP contribution in [0.3, 0.4) is 0 Å². The predicted molar refractivity (Wildman–Crippen MR) is 408 cm³/mol. The molecule has 3 N–H and O–H groups in total. The fraction of sp³-hybridized carbons (Fsp3) is 0.728. The van der Waals surface area contributed by atoms with Crippen molar-refractivity contribution in [2.45, 2.75) is 341 Å². The minimum Gasteiger partial charge on any atom is -0.462 e. The molecule has 19 heteroatoms. The van der Waals surface area contributed by atoms with Gasteiger partial charge in [-0.15, -0.1) is 0 Å². The lowest BCUT2D eigenvalue weighted by molar-refractivity contribution is -0.161. The number of phosphoric ester groups is 2. The van der Waals surface area contributed by atoms with Crippen molar-refractivity contribution in [2.75, 3.05) is 39.6 Å². The molecule has 0 aliphatic rings. The van der Waals surface area contributed by atoms with Crippen LogP contribution in [0.2, 0.25) is 0 Å². The topological polar surface area (TPSA) is 237 Å². The van der Waals surface area contributed by atoms with Gasteiger partial charge in [0.1, 0.15) is 19.3 Å². The highest BCUT2D eigenvalue weighted by atomic mass is 31.2. The van der Waals surface area contributed by atoms with E-state index >= 15 is 0 Å². The molecule has 0 aliphatic heterocycles. The third kappa shape index (κ3) is 72.1. The minimum atomic E-state index is -4.98. The van der Waals surface area contributed by atoms with Crippen LogP contribution in [0.25, 0.3) is 0 Å². The number of carbonyl (C=O) groups excluding carboxylic acids is 4. The van der Waals surface area contributed by atoms with Crippen LogP contribution in [-0.2, 0) is 65.4 Å². The van der Waals surface area contributed by atoms with Crippen LogP contribution in [0, 0.1) is 0 Å². The van der Waals surface area contributed by atoms with Crippen molar-refractivity contribution in [2.24, 2.45) is 0 Å². The van der Waals surface area contributed by atoms with Gasteiger partial charge in [0.15, 0.2) is 12.2 Å². The number of carbonyl (C=O) groups is 4. The summed E-state index contributed by atoms with van der Waals surface area (Å²) in [6.07, 6.45) is 77.9. The molecule has 576 valence electrons. The van der Waals surface area contributed by atoms with Crippen molar-refractivity contribution < 1.29 is 80.2 Å². The summed E-state index contributed by atoms with van der Waals surface area (Å²) < 4.78 is 68.5. The zero-order chi connectivity index (χ0) is 73.2. The number of phosphoric acid groups is 2. The molecule has 0 radical (unpaired) electrons. The molecule has 0 heterocycles. The molecule has 0 aliphatic carbocycles. The lowest BCUT2D eigenvalue weighted by atomic mass is 10.0. The second kappa shape index (κ2) is 73.0. The Balaban J connectivity index is 5.36. The molecule has 0 saturated carbocycles. The Labute approximate surface area is 607 Å². The summed E-state index contributed by atoms with van der Waals surface area (Å²) in [4.78, 5) is 72.9. The lowest BCUT2D eigenvalue weighted by Crippen LogP contribution is -2.30. The van der Waals surface area contributed by atoms with Crippen LogP contribution in [0.15, 0.2) is 109 Å². The van der Waals surface area contributed by atoms with E-state index < -0.39 is 97.5 Å². The van der Waals surface area contributed by atoms with E-state index in [0.717, 1.165) is 167 Å². The second-order valence-electron chi connectivity index (χ2n) is 25.9. The summed E-state index contributed by atoms with van der Waals surface area (Å²) in [6.45, 7) is 4.58. The van der Waals surface area contributed by atoms with E-state index in [1.165, 1.54) is 77.0 Å². The molecule has 100 heavy (non-hydrogen) atoms. The van der Waals surface area contributed by atoms with Gasteiger partial charge < -0.3 is 33.8 Å². The Morgan fingerprint density at radius 2 is 0.520 bits per heavy atom. The number of aliphatic hydroxyl groups excluding tert-OH is 1. The van der Waals surface area contributed by atoms with Crippen molar-refractivity contribution in [1.29, 1.82) is 0 Å². The molecule has 0 aromatic rings. The predicted octanol–water partition coefficient (Wildman–Crippen LogP) is 22.6. The van der Waals surface area contributed by atoms with E-state index in [4.69, 9.17) is 37.0 Å². The summed E-state index contributed by atoms with van der Waals surface area (Å²) in [6, 6.07) is 0. The molecular formula is C81H140O17P2. The van der Waals surface area contributed by atoms with Gasteiger partial charge in [-0.25, -0.2) is 9.13 Å². The smallest absolute Gasteiger partial charge is 0.462 e. The van der Waals surface area contributed by atoms with E-state index in [0.29, 0.717) is 25.7 Å². The first kappa shape index (κ1) is 95.7. The van der Waals surface area contributed by atoms with Crippen LogP contribution in [0.1, 0.15) is 323 Å². The van der Waals surface area contributed by atoms with Gasteiger partial charge in [0.05, 0.1) is 26.4 Å². The number of esters is 4. The number of unbranched alkanes of at least 4 members (excludes halogenated alkanes) is 29. The number of hydrogen-bond donors (Lipinski definition) is 3. The summed E-state index contributed by atoms with van der Waals surface area (Å²) in [5.74, 6) is -2.23. The van der Waals surface area contributed by atoms with E-state index in [1.807, 2.05) is 0 Å². The molecule has 0 fully saturated rings. The highest BCUT2D eigenvalue weighted by Crippen LogP contribution is 2.45. The normalized spacial score (nSPS) is 14.5. The molecule has 5 unspecified atom stereocenters. The number of ether oxygens (including phenoxy) is 4. The standard InChI is InChI=1S/C81H140O17P2/c1-5-9-13-17-21-25-29-33-35-36-37-38-40-44-46-50-54-58-62-66-79(84)92-72-77(98-81(86)68-64-60-56-52-48-42-32-28-24-20-16-12-8-4)74-96-100(89,90)94-70-75(82)69-93-99(87,88)95-73-76(97-80(85)67-63-59-55-51-47-41-31-27-23-19-15-11-7-3)71-91-78(83)65-61-57-53-49-45-43-39-34-30-26-22-18-14-10-6-2/h9-10,13-14,21-22,25-27,31,33-35,37-39,45,49,75-77,82H,5-8,11-12,15-20,23-24,28-30,32,36,40-44,46-48,50-74H2,1-4H3,(H,87,88)(H,89,90)/b13-9-,14-10-,25-21-,26-22-,31-27-,35-33-,38-37-,39-34-,49-45-. The van der Waals surface area contributed by atoms with Gasteiger partial charge in [-0.1, -0.05) is 278 Å². The minimum absolute atomic E-state index is 0.0754. The molecule has 0 saturated heterocycles. The third-order valence-corrected chi connectivity index (χ3v) is 18.1. The first-order valence-corrected chi connectivity index (χ1v) is 42.1. The molecule has 0 aromatic heterocycles. The maximum Gasteiger partial charge on any atom is 0.472 e. The molecule has 0 aromatic carbocycles. The van der Waals surface area contributed by atoms with Crippen LogP contribution in [-0.4, -0.2) is 96.7 Å². The van der Waals surface area contributed by atoms with Gasteiger partial charge in [0.2, 0.25) is 0 Å². The van der Waals surface area contributed by atoms with E-state index in [9.17, 15) is 43.2 Å². The van der Waals surface area contributed by atoms with Crippen molar-refractivity contribution in [1.82, 2.24) is 0 Å². The Hall–Kier alpha value is -4.28. The van der Waals surface area contributed by atoms with Crippen LogP contribution >= 0.6 is 15.6 Å². The molecular weight excluding hydrogens is 1310 g/mol. The van der Waals surface area contributed by atoms with Crippen molar-refractivity contribution in [3.8, 4) is 0 Å². The summed E-state index contributed by atoms with van der Waals surface area (Å²) in [5, 5.41) is 10.6. The largest absolute Gasteiger partial charge is 0.472 e. The van der Waals surface area contributed by atoms with Crippen LogP contribution in [0.4, 0.5) is 0 Å². The zero-order valence-electron chi connectivity index (χ0n) is 62.8. The first-order valence-electron chi connectivity index (χ1n) is 39.1. The number of aliphatic hydroxyl groups is 1. The van der Waals surface area contributed by atoms with Gasteiger partial charge in [0.25, 0.3) is 0 Å². The average Bonchev–Trinajstić information content (AvgIpc) is 0.935. The Morgan fingerprint density at radius 3 is 0.840 bits per heavy atom. The third-order valence-electron chi connectivity index (χ3n) is 16.2. The monoisotopic (exact) mass is 1450 g/mol. The maximum absolute atomic E-state index is 13.1. The summed E-state index contributed by atoms with van der Waals surface area (Å²) in [7, 11) is -9.96. The Bertz CT molecular complexity index is 2320. The van der Waals surface area contributed by atoms with Gasteiger partial charge >= 0.3 is 39.5 Å². The van der Waals surface area contributed by atoms with Crippen molar-refractivity contribution in [3.63, 3.8) is 0 Å². The van der Waals surface area contributed by atoms with Crippen molar-refractivity contribution >= 4 is 39.5 Å². The van der Waals surface area contributed by atoms with Crippen LogP contribution < -0.4 is 0 Å². The SMILES string of the molecule is CC/C=C\C/C=C\C/C=C\C/C=C\CCCCCCCCC(=O)OCC(COP(=O)(O)OCC(O)COP(=O)(O)OCC(COC(=O)CCCC/C=C\C/C=C\C/C=C\C/C=C\CC)OC(=O)CCCCCCC/C=C\CCCCCC)OC(=O)CCCCCCCCCCCCCCC. The fourth-order valence-electron chi connectivity index (χ4n) is 10.3. The van der Waals surface area contributed by atoms with E-state index in [2.05, 4.69) is 137 Å².